The van der Waals surface area contributed by atoms with Crippen LogP contribution < -0.4 is 0 Å². The van der Waals surface area contributed by atoms with Crippen molar-refractivity contribution < 1.29 is 9.84 Å². The van der Waals surface area contributed by atoms with Gasteiger partial charge >= 0.3 is 0 Å². The molecule has 1 saturated heterocycles. The Bertz CT molecular complexity index is 367. The quantitative estimate of drug-likeness (QED) is 0.866. The van der Waals surface area contributed by atoms with E-state index in [9.17, 15) is 5.11 Å². The average molecular weight is 234 g/mol. The van der Waals surface area contributed by atoms with Crippen LogP contribution in [0.2, 0.25) is 0 Å². The average Bonchev–Trinajstić information content (AvgIpc) is 2.82. The molecule has 94 valence electrons. The van der Waals surface area contributed by atoms with Crippen LogP contribution in [-0.4, -0.2) is 17.8 Å². The summed E-state index contributed by atoms with van der Waals surface area (Å²) in [5.74, 6) is 0. The molecule has 0 aromatic heterocycles. The van der Waals surface area contributed by atoms with Gasteiger partial charge in [-0.1, -0.05) is 18.2 Å². The number of ether oxygens (including phenoxy) is 1. The molecule has 2 unspecified atom stereocenters. The van der Waals surface area contributed by atoms with Gasteiger partial charge in [0.05, 0.1) is 12.2 Å². The van der Waals surface area contributed by atoms with Crippen molar-refractivity contribution in [2.24, 2.45) is 0 Å². The Morgan fingerprint density at radius 1 is 1.41 bits per heavy atom. The van der Waals surface area contributed by atoms with E-state index in [1.165, 1.54) is 17.5 Å². The van der Waals surface area contributed by atoms with Gasteiger partial charge in [-0.3, -0.25) is 0 Å². The number of aryl methyl sites for hydroxylation is 1. The summed E-state index contributed by atoms with van der Waals surface area (Å²) >= 11 is 0. The van der Waals surface area contributed by atoms with E-state index in [1.807, 2.05) is 12.1 Å². The van der Waals surface area contributed by atoms with E-state index >= 15 is 0 Å². The van der Waals surface area contributed by atoms with Gasteiger partial charge in [0.25, 0.3) is 0 Å². The highest BCUT2D eigenvalue weighted by atomic mass is 16.5. The van der Waals surface area contributed by atoms with Crippen LogP contribution in [0.4, 0.5) is 0 Å². The fourth-order valence-corrected chi connectivity index (χ4v) is 2.51. The molecular weight excluding hydrogens is 212 g/mol. The van der Waals surface area contributed by atoms with Crippen LogP contribution >= 0.6 is 0 Å². The number of benzene rings is 1. The molecule has 1 aromatic rings. The highest BCUT2D eigenvalue weighted by molar-refractivity contribution is 5.34. The molecule has 1 aliphatic rings. The molecule has 0 radical (unpaired) electrons. The second kappa shape index (κ2) is 5.65. The Kier molecular flexibility index (Phi) is 4.19. The SMILES string of the molecule is Cc1cccc(C(O)CCC2CCCO2)c1C. The van der Waals surface area contributed by atoms with E-state index < -0.39 is 0 Å². The van der Waals surface area contributed by atoms with Crippen molar-refractivity contribution in [2.75, 3.05) is 6.61 Å². The van der Waals surface area contributed by atoms with Gasteiger partial charge in [0.2, 0.25) is 0 Å². The Hall–Kier alpha value is -0.860. The first-order valence-electron chi connectivity index (χ1n) is 6.54. The zero-order chi connectivity index (χ0) is 12.3. The van der Waals surface area contributed by atoms with Crippen molar-refractivity contribution >= 4 is 0 Å². The Morgan fingerprint density at radius 2 is 2.24 bits per heavy atom. The van der Waals surface area contributed by atoms with Crippen LogP contribution in [0.25, 0.3) is 0 Å². The predicted molar refractivity (Wildman–Crippen MR) is 69.1 cm³/mol. The van der Waals surface area contributed by atoms with Crippen molar-refractivity contribution in [1.29, 1.82) is 0 Å². The standard InChI is InChI=1S/C15H22O2/c1-11-5-3-7-14(12(11)2)15(16)9-8-13-6-4-10-17-13/h3,5,7,13,15-16H,4,6,8-10H2,1-2H3. The zero-order valence-corrected chi connectivity index (χ0v) is 10.8. The number of hydrogen-bond acceptors (Lipinski definition) is 2. The maximum atomic E-state index is 10.2. The first kappa shape index (κ1) is 12.6. The lowest BCUT2D eigenvalue weighted by Gasteiger charge is -2.17. The van der Waals surface area contributed by atoms with Crippen LogP contribution in [0.3, 0.4) is 0 Å². The molecular formula is C15H22O2. The molecule has 0 bridgehead atoms. The van der Waals surface area contributed by atoms with E-state index in [2.05, 4.69) is 19.9 Å². The summed E-state index contributed by atoms with van der Waals surface area (Å²) < 4.78 is 5.58. The van der Waals surface area contributed by atoms with Gasteiger partial charge in [-0.25, -0.2) is 0 Å². The molecule has 1 heterocycles. The molecule has 1 aromatic carbocycles. The van der Waals surface area contributed by atoms with E-state index in [-0.39, 0.29) is 6.10 Å². The predicted octanol–water partition coefficient (Wildman–Crippen LogP) is 3.30. The fourth-order valence-electron chi connectivity index (χ4n) is 2.51. The van der Waals surface area contributed by atoms with Gasteiger partial charge in [0.1, 0.15) is 0 Å². The van der Waals surface area contributed by atoms with Crippen LogP contribution in [0.5, 0.6) is 0 Å². The van der Waals surface area contributed by atoms with Gasteiger partial charge in [0, 0.05) is 6.61 Å². The minimum absolute atomic E-state index is 0.348. The van der Waals surface area contributed by atoms with Crippen molar-refractivity contribution in [3.8, 4) is 0 Å². The Balaban J connectivity index is 1.94. The largest absolute Gasteiger partial charge is 0.388 e. The number of aliphatic hydroxyl groups is 1. The van der Waals surface area contributed by atoms with Crippen LogP contribution in [0.15, 0.2) is 18.2 Å². The lowest BCUT2D eigenvalue weighted by Crippen LogP contribution is -2.09. The second-order valence-electron chi connectivity index (χ2n) is 5.02. The van der Waals surface area contributed by atoms with Gasteiger partial charge in [-0.05, 0) is 56.2 Å². The van der Waals surface area contributed by atoms with Crippen molar-refractivity contribution in [3.05, 3.63) is 34.9 Å². The summed E-state index contributed by atoms with van der Waals surface area (Å²) in [6.45, 7) is 5.07. The molecule has 1 aliphatic heterocycles. The number of aliphatic hydroxyl groups excluding tert-OH is 1. The van der Waals surface area contributed by atoms with Crippen LogP contribution in [-0.2, 0) is 4.74 Å². The highest BCUT2D eigenvalue weighted by Crippen LogP contribution is 2.26. The minimum atomic E-state index is -0.348. The fraction of sp³-hybridized carbons (Fsp3) is 0.600. The normalized spacial score (nSPS) is 21.7. The lowest BCUT2D eigenvalue weighted by molar-refractivity contribution is 0.0811. The van der Waals surface area contributed by atoms with E-state index in [0.29, 0.717) is 6.10 Å². The number of hydrogen-bond donors (Lipinski definition) is 1. The third kappa shape index (κ3) is 3.08. The monoisotopic (exact) mass is 234 g/mol. The minimum Gasteiger partial charge on any atom is -0.388 e. The third-order valence-electron chi connectivity index (χ3n) is 3.79. The summed E-state index contributed by atoms with van der Waals surface area (Å²) in [6, 6.07) is 6.14. The van der Waals surface area contributed by atoms with Gasteiger partial charge in [-0.2, -0.15) is 0 Å². The first-order chi connectivity index (χ1) is 8.18. The van der Waals surface area contributed by atoms with E-state index in [4.69, 9.17) is 4.74 Å². The smallest absolute Gasteiger partial charge is 0.0793 e. The first-order valence-corrected chi connectivity index (χ1v) is 6.54. The highest BCUT2D eigenvalue weighted by Gasteiger charge is 2.18. The molecule has 1 fully saturated rings. The summed E-state index contributed by atoms with van der Waals surface area (Å²) in [5, 5.41) is 10.2. The Labute approximate surface area is 104 Å². The van der Waals surface area contributed by atoms with Gasteiger partial charge in [-0.15, -0.1) is 0 Å². The van der Waals surface area contributed by atoms with E-state index in [1.54, 1.807) is 0 Å². The van der Waals surface area contributed by atoms with Crippen LogP contribution in [0.1, 0.15) is 48.5 Å². The summed E-state index contributed by atoms with van der Waals surface area (Å²) in [6.07, 6.45) is 4.11. The Morgan fingerprint density at radius 3 is 2.94 bits per heavy atom. The lowest BCUT2D eigenvalue weighted by atomic mass is 9.95. The molecule has 2 nitrogen and oxygen atoms in total. The molecule has 0 spiro atoms. The summed E-state index contributed by atoms with van der Waals surface area (Å²) in [7, 11) is 0. The molecule has 0 aliphatic carbocycles. The summed E-state index contributed by atoms with van der Waals surface area (Å²) in [4.78, 5) is 0. The maximum absolute atomic E-state index is 10.2. The van der Waals surface area contributed by atoms with E-state index in [0.717, 1.165) is 31.4 Å². The number of rotatable bonds is 4. The second-order valence-corrected chi connectivity index (χ2v) is 5.02. The topological polar surface area (TPSA) is 29.5 Å². The molecule has 17 heavy (non-hydrogen) atoms. The van der Waals surface area contributed by atoms with Gasteiger partial charge in [0.15, 0.2) is 0 Å². The van der Waals surface area contributed by atoms with Gasteiger partial charge < -0.3 is 9.84 Å². The molecule has 2 atom stereocenters. The third-order valence-corrected chi connectivity index (χ3v) is 3.79. The van der Waals surface area contributed by atoms with Crippen molar-refractivity contribution in [3.63, 3.8) is 0 Å². The summed E-state index contributed by atoms with van der Waals surface area (Å²) in [5.41, 5.74) is 3.54. The molecule has 0 saturated carbocycles. The molecule has 1 N–H and O–H groups in total. The molecule has 2 heteroatoms. The zero-order valence-electron chi connectivity index (χ0n) is 10.8. The van der Waals surface area contributed by atoms with Crippen LogP contribution in [0, 0.1) is 13.8 Å². The molecule has 0 amide bonds. The molecule has 2 rings (SSSR count). The van der Waals surface area contributed by atoms with Crippen molar-refractivity contribution in [1.82, 2.24) is 0 Å². The maximum Gasteiger partial charge on any atom is 0.0793 e. The van der Waals surface area contributed by atoms with Crippen molar-refractivity contribution in [2.45, 2.75) is 51.7 Å².